The van der Waals surface area contributed by atoms with E-state index in [4.69, 9.17) is 0 Å². The Kier molecular flexibility index (Phi) is 9.59. The molecule has 0 bridgehead atoms. The quantitative estimate of drug-likeness (QED) is 0.349. The molecule has 1 aromatic rings. The molecule has 2 aliphatic rings. The van der Waals surface area contributed by atoms with Gasteiger partial charge >= 0.3 is 0 Å². The number of piperazine rings is 1. The Hall–Kier alpha value is -2.56. The zero-order chi connectivity index (χ0) is 23.6. The van der Waals surface area contributed by atoms with Crippen LogP contribution < -0.4 is 15.5 Å². The number of carbonyl (C=O) groups is 3. The average Bonchev–Trinajstić information content (AvgIpc) is 3.40. The third-order valence-corrected chi connectivity index (χ3v) is 6.66. The minimum absolute atomic E-state index is 0.00180. The molecule has 0 aromatic heterocycles. The molecule has 0 spiro atoms. The number of nitrogens with one attached hydrogen (secondary N) is 2. The molecule has 3 rings (SSSR count). The Bertz CT molecular complexity index is 829. The molecule has 0 saturated carbocycles. The number of rotatable bonds is 10. The lowest BCUT2D eigenvalue weighted by atomic mass is 10.1. The van der Waals surface area contributed by atoms with E-state index in [1.165, 1.54) is 4.90 Å². The molecule has 33 heavy (non-hydrogen) atoms. The van der Waals surface area contributed by atoms with Gasteiger partial charge in [-0.15, -0.1) is 11.8 Å². The predicted molar refractivity (Wildman–Crippen MR) is 128 cm³/mol. The van der Waals surface area contributed by atoms with E-state index in [2.05, 4.69) is 15.5 Å². The van der Waals surface area contributed by atoms with Crippen molar-refractivity contribution < 1.29 is 24.6 Å². The van der Waals surface area contributed by atoms with Gasteiger partial charge in [-0.25, -0.2) is 0 Å². The topological polar surface area (TPSA) is 122 Å². The van der Waals surface area contributed by atoms with Gasteiger partial charge in [0.1, 0.15) is 0 Å². The second-order valence-corrected chi connectivity index (χ2v) is 9.03. The summed E-state index contributed by atoms with van der Waals surface area (Å²) in [7, 11) is 0. The molecular formula is C23H32N4O5S. The van der Waals surface area contributed by atoms with Gasteiger partial charge in [0.15, 0.2) is 12.2 Å². The van der Waals surface area contributed by atoms with Crippen molar-refractivity contribution in [2.45, 2.75) is 25.0 Å². The van der Waals surface area contributed by atoms with Crippen LogP contribution in [0.25, 0.3) is 0 Å². The van der Waals surface area contributed by atoms with Crippen LogP contribution in [-0.4, -0.2) is 90.1 Å². The van der Waals surface area contributed by atoms with Crippen LogP contribution in [0.1, 0.15) is 12.8 Å². The second-order valence-electron chi connectivity index (χ2n) is 8.10. The van der Waals surface area contributed by atoms with Crippen molar-refractivity contribution in [1.29, 1.82) is 0 Å². The first kappa shape index (κ1) is 25.1. The highest BCUT2D eigenvalue weighted by Gasteiger charge is 2.34. The molecular weight excluding hydrogens is 444 g/mol. The number of aliphatic hydroxyl groups excluding tert-OH is 2. The van der Waals surface area contributed by atoms with Crippen LogP contribution in [0.2, 0.25) is 0 Å². The van der Waals surface area contributed by atoms with Crippen LogP contribution >= 0.6 is 11.8 Å². The summed E-state index contributed by atoms with van der Waals surface area (Å²) in [5.41, 5.74) is 1.07. The number of hydrogen-bond acceptors (Lipinski definition) is 7. The highest BCUT2D eigenvalue weighted by molar-refractivity contribution is 8.02. The smallest absolute Gasteiger partial charge is 0.254 e. The maximum absolute atomic E-state index is 12.5. The van der Waals surface area contributed by atoms with E-state index in [-0.39, 0.29) is 18.4 Å². The monoisotopic (exact) mass is 476 g/mol. The van der Waals surface area contributed by atoms with Crippen LogP contribution in [0.4, 0.5) is 5.69 Å². The molecule has 1 saturated heterocycles. The van der Waals surface area contributed by atoms with Crippen molar-refractivity contribution in [3.05, 3.63) is 41.8 Å². The summed E-state index contributed by atoms with van der Waals surface area (Å²) in [4.78, 5) is 40.2. The molecule has 0 aliphatic carbocycles. The zero-order valence-electron chi connectivity index (χ0n) is 18.6. The summed E-state index contributed by atoms with van der Waals surface area (Å²) in [5, 5.41) is 27.7. The maximum atomic E-state index is 12.5. The molecule has 4 N–H and O–H groups in total. The Morgan fingerprint density at radius 1 is 0.970 bits per heavy atom. The number of amides is 3. The number of carbonyl (C=O) groups excluding carboxylic acids is 3. The Morgan fingerprint density at radius 3 is 2.27 bits per heavy atom. The van der Waals surface area contributed by atoms with Crippen LogP contribution in [0, 0.1) is 5.92 Å². The lowest BCUT2D eigenvalue weighted by Crippen LogP contribution is -2.55. The molecule has 3 amide bonds. The van der Waals surface area contributed by atoms with Crippen molar-refractivity contribution in [2.75, 3.05) is 49.9 Å². The van der Waals surface area contributed by atoms with Gasteiger partial charge in [0.05, 0.1) is 5.92 Å². The Morgan fingerprint density at radius 2 is 1.64 bits per heavy atom. The van der Waals surface area contributed by atoms with Crippen molar-refractivity contribution >= 4 is 35.2 Å². The normalized spacial score (nSPS) is 19.8. The van der Waals surface area contributed by atoms with E-state index in [9.17, 15) is 24.6 Å². The molecule has 2 heterocycles. The largest absolute Gasteiger partial charge is 0.380 e. The van der Waals surface area contributed by atoms with Crippen molar-refractivity contribution in [2.24, 2.45) is 5.92 Å². The van der Waals surface area contributed by atoms with Crippen molar-refractivity contribution in [1.82, 2.24) is 15.5 Å². The molecule has 2 aliphatic heterocycles. The molecule has 9 nitrogen and oxygen atoms in total. The van der Waals surface area contributed by atoms with Crippen LogP contribution in [-0.2, 0) is 14.4 Å². The first-order valence-corrected chi connectivity index (χ1v) is 12.3. The summed E-state index contributed by atoms with van der Waals surface area (Å²) in [6.45, 7) is 2.80. The number of nitrogens with zero attached hydrogens (tertiary/aromatic N) is 2. The minimum Gasteiger partial charge on any atom is -0.380 e. The summed E-state index contributed by atoms with van der Waals surface area (Å²) in [6.07, 6.45) is -0.476. The molecule has 180 valence electrons. The van der Waals surface area contributed by atoms with Gasteiger partial charge < -0.3 is 30.6 Å². The highest BCUT2D eigenvalue weighted by atomic mass is 32.2. The summed E-state index contributed by atoms with van der Waals surface area (Å²) in [6, 6.07) is 9.85. The van der Waals surface area contributed by atoms with E-state index < -0.39 is 24.0 Å². The number of aliphatic hydroxyl groups is 2. The maximum Gasteiger partial charge on any atom is 0.254 e. The second kappa shape index (κ2) is 12.6. The van der Waals surface area contributed by atoms with Gasteiger partial charge in [0, 0.05) is 50.7 Å². The van der Waals surface area contributed by atoms with Crippen molar-refractivity contribution in [3.8, 4) is 0 Å². The summed E-state index contributed by atoms with van der Waals surface area (Å²) >= 11 is 1.61. The standard InChI is InChI=1S/C23H32N4O5S/c28-19(22(31)25-10-5-4-9-24-21(30)17-8-15-33-16-17)20(29)23(32)27-13-11-26(12-14-27)18-6-2-1-3-7-18/h1-3,6-8,15,17,19-20,28-29H,4-5,9-14,16H2,(H,24,30)(H,25,31)/t17?,19-,20-/m1/s1. The number of thioether (sulfide) groups is 1. The first-order chi connectivity index (χ1) is 16.0. The number of anilines is 1. The highest BCUT2D eigenvalue weighted by Crippen LogP contribution is 2.20. The fraction of sp³-hybridized carbons (Fsp3) is 0.522. The minimum atomic E-state index is -1.82. The van der Waals surface area contributed by atoms with E-state index in [0.29, 0.717) is 45.6 Å². The van der Waals surface area contributed by atoms with Gasteiger partial charge in [0.25, 0.3) is 11.8 Å². The number of hydrogen-bond donors (Lipinski definition) is 4. The van der Waals surface area contributed by atoms with Crippen LogP contribution in [0.5, 0.6) is 0 Å². The molecule has 1 fully saturated rings. The predicted octanol–water partition coefficient (Wildman–Crippen LogP) is -0.0537. The lowest BCUT2D eigenvalue weighted by molar-refractivity contribution is -0.153. The first-order valence-electron chi connectivity index (χ1n) is 11.3. The van der Waals surface area contributed by atoms with Gasteiger partial charge in [-0.05, 0) is 30.4 Å². The fourth-order valence-corrected chi connectivity index (χ4v) is 4.61. The zero-order valence-corrected chi connectivity index (χ0v) is 19.4. The number of benzene rings is 1. The van der Waals surface area contributed by atoms with Gasteiger partial charge in [-0.1, -0.05) is 24.3 Å². The number of para-hydroxylation sites is 1. The molecule has 10 heteroatoms. The van der Waals surface area contributed by atoms with Crippen molar-refractivity contribution in [3.63, 3.8) is 0 Å². The summed E-state index contributed by atoms with van der Waals surface area (Å²) in [5.74, 6) is -0.737. The lowest BCUT2D eigenvalue weighted by Gasteiger charge is -2.37. The van der Waals surface area contributed by atoms with Gasteiger partial charge in [-0.3, -0.25) is 14.4 Å². The van der Waals surface area contributed by atoms with E-state index in [1.807, 2.05) is 41.8 Å². The molecule has 1 unspecified atom stereocenters. The van der Waals surface area contributed by atoms with Gasteiger partial charge in [-0.2, -0.15) is 0 Å². The Labute approximate surface area is 198 Å². The SMILES string of the molecule is O=C(NCCCCNC(=O)[C@H](O)[C@@H](O)C(=O)N1CCN(c2ccccc2)CC1)C1C=CSC1. The molecule has 0 radical (unpaired) electrons. The van der Waals surface area contributed by atoms with E-state index in [0.717, 1.165) is 11.4 Å². The molecule has 1 aromatic carbocycles. The van der Waals surface area contributed by atoms with E-state index in [1.54, 1.807) is 11.8 Å². The molecule has 3 atom stereocenters. The average molecular weight is 477 g/mol. The third kappa shape index (κ3) is 7.21. The number of unbranched alkanes of at least 4 members (excludes halogenated alkanes) is 1. The summed E-state index contributed by atoms with van der Waals surface area (Å²) < 4.78 is 0. The Balaban J connectivity index is 1.31. The third-order valence-electron chi connectivity index (χ3n) is 5.76. The van der Waals surface area contributed by atoms with Crippen LogP contribution in [0.3, 0.4) is 0 Å². The van der Waals surface area contributed by atoms with E-state index >= 15 is 0 Å². The van der Waals surface area contributed by atoms with Crippen LogP contribution in [0.15, 0.2) is 41.8 Å². The van der Waals surface area contributed by atoms with Gasteiger partial charge in [0.2, 0.25) is 5.91 Å². The fourth-order valence-electron chi connectivity index (χ4n) is 3.73.